The van der Waals surface area contributed by atoms with Crippen LogP contribution in [0.25, 0.3) is 0 Å². The fourth-order valence-corrected chi connectivity index (χ4v) is 2.17. The highest BCUT2D eigenvalue weighted by atomic mass is 32.2. The molecular weight excluding hydrogens is 290 g/mol. The number of amides is 1. The lowest BCUT2D eigenvalue weighted by Crippen LogP contribution is -2.50. The predicted octanol–water partition coefficient (Wildman–Crippen LogP) is 0.503. The van der Waals surface area contributed by atoms with E-state index in [1.807, 2.05) is 0 Å². The van der Waals surface area contributed by atoms with Crippen LogP contribution in [0.1, 0.15) is 27.2 Å². The number of carbonyl (C=O) groups excluding carboxylic acids is 3. The van der Waals surface area contributed by atoms with E-state index in [4.69, 9.17) is 5.11 Å². The zero-order valence-electron chi connectivity index (χ0n) is 10.9. The molecule has 0 radical (unpaired) electrons. The number of carboxylic acid groups (broad SMARTS) is 1. The lowest BCUT2D eigenvalue weighted by molar-refractivity contribution is -0.141. The van der Waals surface area contributed by atoms with Gasteiger partial charge in [-0.2, -0.15) is 12.6 Å². The fourth-order valence-electron chi connectivity index (χ4n) is 1.25. The average Bonchev–Trinajstić information content (AvgIpc) is 2.20. The molecule has 0 fully saturated rings. The molecule has 0 aliphatic rings. The number of aliphatic carboxylic acids is 1. The van der Waals surface area contributed by atoms with Gasteiger partial charge in [-0.1, -0.05) is 11.8 Å². The molecule has 0 heterocycles. The number of nitrogens with one attached hydrogen (secondary N) is 1. The second-order valence-corrected chi connectivity index (χ2v) is 6.50. The maximum atomic E-state index is 11.9. The van der Waals surface area contributed by atoms with Gasteiger partial charge in [0.1, 0.15) is 11.8 Å². The van der Waals surface area contributed by atoms with Crippen molar-refractivity contribution in [1.82, 2.24) is 5.32 Å². The largest absolute Gasteiger partial charge is 0.480 e. The third-order valence-corrected chi connectivity index (χ3v) is 3.41. The summed E-state index contributed by atoms with van der Waals surface area (Å²) in [7, 11) is 0. The van der Waals surface area contributed by atoms with Crippen molar-refractivity contribution in [1.29, 1.82) is 0 Å². The van der Waals surface area contributed by atoms with Gasteiger partial charge in [0.15, 0.2) is 5.12 Å². The Hall–Kier alpha value is -1.02. The summed E-state index contributed by atoms with van der Waals surface area (Å²) in [6.07, 6.45) is -0.103. The maximum Gasteiger partial charge on any atom is 0.327 e. The Morgan fingerprint density at radius 2 is 1.84 bits per heavy atom. The van der Waals surface area contributed by atoms with E-state index in [2.05, 4.69) is 17.9 Å². The van der Waals surface area contributed by atoms with Crippen LogP contribution in [0.4, 0.5) is 0 Å². The molecule has 0 aromatic carbocycles. The van der Waals surface area contributed by atoms with Crippen LogP contribution < -0.4 is 5.32 Å². The molecule has 0 aromatic heterocycles. The van der Waals surface area contributed by atoms with Crippen molar-refractivity contribution in [3.8, 4) is 0 Å². The van der Waals surface area contributed by atoms with Crippen molar-refractivity contribution in [2.75, 3.05) is 5.75 Å². The highest BCUT2D eigenvalue weighted by Gasteiger charge is 2.33. The molecule has 2 atom stereocenters. The van der Waals surface area contributed by atoms with E-state index in [-0.39, 0.29) is 23.1 Å². The number of hydrogen-bond donors (Lipinski definition) is 3. The molecule has 1 amide bonds. The van der Waals surface area contributed by atoms with Gasteiger partial charge in [0.05, 0.1) is 4.75 Å². The summed E-state index contributed by atoms with van der Waals surface area (Å²) in [6.45, 7) is 4.07. The number of rotatable bonds is 7. The molecule has 1 unspecified atom stereocenters. The smallest absolute Gasteiger partial charge is 0.327 e. The van der Waals surface area contributed by atoms with Gasteiger partial charge in [-0.15, -0.1) is 0 Å². The highest BCUT2D eigenvalue weighted by molar-refractivity contribution is 8.13. The second kappa shape index (κ2) is 7.54. The van der Waals surface area contributed by atoms with Crippen LogP contribution in [0.5, 0.6) is 0 Å². The molecule has 19 heavy (non-hydrogen) atoms. The van der Waals surface area contributed by atoms with E-state index in [1.54, 1.807) is 0 Å². The lowest BCUT2D eigenvalue weighted by atomic mass is 10.0. The highest BCUT2D eigenvalue weighted by Crippen LogP contribution is 2.19. The Morgan fingerprint density at radius 3 is 2.21 bits per heavy atom. The molecule has 0 aliphatic carbocycles. The normalized spacial score (nSPS) is 15.2. The van der Waals surface area contributed by atoms with E-state index in [0.29, 0.717) is 0 Å². The van der Waals surface area contributed by atoms with Crippen LogP contribution in [-0.4, -0.2) is 44.4 Å². The van der Waals surface area contributed by atoms with Crippen molar-refractivity contribution in [3.05, 3.63) is 0 Å². The number of thioether (sulfide) groups is 1. The molecule has 0 saturated heterocycles. The zero-order chi connectivity index (χ0) is 15.2. The van der Waals surface area contributed by atoms with Gasteiger partial charge in [-0.25, -0.2) is 4.79 Å². The Kier molecular flexibility index (Phi) is 7.14. The first-order chi connectivity index (χ1) is 8.56. The van der Waals surface area contributed by atoms with Crippen molar-refractivity contribution in [2.45, 2.75) is 38.0 Å². The molecule has 2 N–H and O–H groups in total. The molecule has 0 bridgehead atoms. The van der Waals surface area contributed by atoms with Crippen LogP contribution in [-0.2, 0) is 19.2 Å². The van der Waals surface area contributed by atoms with Crippen LogP contribution in [0.15, 0.2) is 0 Å². The van der Waals surface area contributed by atoms with Gasteiger partial charge >= 0.3 is 5.97 Å². The molecule has 8 heteroatoms. The minimum atomic E-state index is -1.28. The number of thiol groups is 1. The van der Waals surface area contributed by atoms with E-state index < -0.39 is 22.7 Å². The van der Waals surface area contributed by atoms with Crippen molar-refractivity contribution in [2.24, 2.45) is 0 Å². The van der Waals surface area contributed by atoms with Crippen LogP contribution in [0.3, 0.4) is 0 Å². The Morgan fingerprint density at radius 1 is 1.32 bits per heavy atom. The summed E-state index contributed by atoms with van der Waals surface area (Å²) in [6, 6.07) is -1.19. The lowest BCUT2D eigenvalue weighted by Gasteiger charge is -2.23. The topological polar surface area (TPSA) is 101 Å². The number of ketones is 1. The molecule has 6 nitrogen and oxygen atoms in total. The number of hydrogen-bond acceptors (Lipinski definition) is 6. The van der Waals surface area contributed by atoms with E-state index in [1.165, 1.54) is 20.8 Å². The third kappa shape index (κ3) is 7.22. The summed E-state index contributed by atoms with van der Waals surface area (Å²) in [5, 5.41) is 11.0. The monoisotopic (exact) mass is 307 g/mol. The molecular formula is C11H17NO5S2. The Labute approximate surface area is 121 Å². The maximum absolute atomic E-state index is 11.9. The number of carbonyl (C=O) groups is 4. The molecule has 0 aliphatic heterocycles. The van der Waals surface area contributed by atoms with Gasteiger partial charge in [-0.3, -0.25) is 14.4 Å². The standard InChI is InChI=1S/C11H17NO5S2/c1-6(13)4-11(3,18)10(17)12-8(9(15)16)5-19-7(2)14/h8,18H,4-5H2,1-3H3,(H,12,17)(H,15,16)/t8-,11?/m0/s1. The predicted molar refractivity (Wildman–Crippen MR) is 75.4 cm³/mol. The van der Waals surface area contributed by atoms with Crippen molar-refractivity contribution >= 4 is 47.2 Å². The molecule has 0 aromatic rings. The summed E-state index contributed by atoms with van der Waals surface area (Å²) in [4.78, 5) is 44.6. The van der Waals surface area contributed by atoms with Crippen molar-refractivity contribution < 1.29 is 24.3 Å². The Balaban J connectivity index is 4.66. The first-order valence-corrected chi connectivity index (χ1v) is 6.88. The second-order valence-electron chi connectivity index (χ2n) is 4.32. The van der Waals surface area contributed by atoms with Crippen LogP contribution in [0, 0.1) is 0 Å². The van der Waals surface area contributed by atoms with E-state index in [0.717, 1.165) is 11.8 Å². The van der Waals surface area contributed by atoms with Crippen LogP contribution in [0.2, 0.25) is 0 Å². The van der Waals surface area contributed by atoms with Gasteiger partial charge < -0.3 is 10.4 Å². The summed E-state index contributed by atoms with van der Waals surface area (Å²) >= 11 is 4.88. The van der Waals surface area contributed by atoms with E-state index in [9.17, 15) is 19.2 Å². The summed E-state index contributed by atoms with van der Waals surface area (Å²) in [5.74, 6) is -2.19. The summed E-state index contributed by atoms with van der Waals surface area (Å²) in [5.41, 5.74) is 0. The Bertz CT molecular complexity index is 395. The van der Waals surface area contributed by atoms with Gasteiger partial charge in [0, 0.05) is 19.1 Å². The van der Waals surface area contributed by atoms with E-state index >= 15 is 0 Å². The number of carboxylic acids is 1. The SMILES string of the molecule is CC(=O)CC(C)(S)C(=O)N[C@@H](CSC(C)=O)C(=O)O. The molecule has 0 spiro atoms. The fraction of sp³-hybridized carbons (Fsp3) is 0.636. The van der Waals surface area contributed by atoms with Gasteiger partial charge in [0.2, 0.25) is 5.91 Å². The molecule has 0 saturated carbocycles. The molecule has 0 rings (SSSR count). The van der Waals surface area contributed by atoms with Crippen molar-refractivity contribution in [3.63, 3.8) is 0 Å². The minimum absolute atomic E-state index is 0.0691. The van der Waals surface area contributed by atoms with Crippen LogP contribution >= 0.6 is 24.4 Å². The first kappa shape index (κ1) is 18.0. The average molecular weight is 307 g/mol. The first-order valence-electron chi connectivity index (χ1n) is 5.45. The van der Waals surface area contributed by atoms with Gasteiger partial charge in [0.25, 0.3) is 0 Å². The number of Topliss-reactive ketones (excluding diaryl/α,β-unsaturated/α-hetero) is 1. The quantitative estimate of drug-likeness (QED) is 0.592. The third-order valence-electron chi connectivity index (χ3n) is 2.14. The zero-order valence-corrected chi connectivity index (χ0v) is 12.6. The molecule has 108 valence electrons. The minimum Gasteiger partial charge on any atom is -0.480 e. The summed E-state index contributed by atoms with van der Waals surface area (Å²) < 4.78 is -1.28. The van der Waals surface area contributed by atoms with Gasteiger partial charge in [-0.05, 0) is 13.8 Å².